The van der Waals surface area contributed by atoms with Crippen molar-refractivity contribution in [3.8, 4) is 0 Å². The number of rotatable bonds is 3. The maximum atomic E-state index is 11.5. The summed E-state index contributed by atoms with van der Waals surface area (Å²) in [5, 5.41) is 3.63. The minimum atomic E-state index is -2.73. The Morgan fingerprint density at radius 1 is 1.32 bits per heavy atom. The molecule has 2 aliphatic heterocycles. The largest absolute Gasteiger partial charge is 0.314 e. The highest BCUT2D eigenvalue weighted by atomic mass is 32.2. The summed E-state index contributed by atoms with van der Waals surface area (Å²) in [6.07, 6.45) is 3.23. The van der Waals surface area contributed by atoms with Crippen LogP contribution in [-0.4, -0.2) is 57.0 Å². The third-order valence-electron chi connectivity index (χ3n) is 4.45. The molecule has 2 saturated heterocycles. The third-order valence-corrected chi connectivity index (χ3v) is 6.29. The summed E-state index contributed by atoms with van der Waals surface area (Å²) in [7, 11) is -2.73. The van der Waals surface area contributed by atoms with E-state index in [1.807, 2.05) is 0 Å². The van der Waals surface area contributed by atoms with Crippen molar-refractivity contribution in [3.05, 3.63) is 0 Å². The molecular weight excluding hydrogens is 260 g/mol. The van der Waals surface area contributed by atoms with E-state index in [0.717, 1.165) is 32.6 Å². The fraction of sp³-hybridized carbons (Fsp3) is 1.00. The van der Waals surface area contributed by atoms with Crippen LogP contribution in [0, 0.1) is 11.8 Å². The molecular formula is C14H28N2O2S. The van der Waals surface area contributed by atoms with Crippen LogP contribution >= 0.6 is 0 Å². The zero-order valence-corrected chi connectivity index (χ0v) is 13.1. The zero-order chi connectivity index (χ0) is 13.9. The molecule has 1 N–H and O–H groups in total. The van der Waals surface area contributed by atoms with Gasteiger partial charge in [-0.05, 0) is 44.2 Å². The molecule has 2 aliphatic rings. The SMILES string of the molecule is CCC1CCN(CC2CCS(=O)(=O)C2)CC(C)CN1. The Morgan fingerprint density at radius 3 is 2.74 bits per heavy atom. The van der Waals surface area contributed by atoms with Crippen LogP contribution in [0.2, 0.25) is 0 Å². The van der Waals surface area contributed by atoms with Crippen LogP contribution in [0.4, 0.5) is 0 Å². The number of nitrogens with one attached hydrogen (secondary N) is 1. The van der Waals surface area contributed by atoms with Crippen LogP contribution in [0.5, 0.6) is 0 Å². The van der Waals surface area contributed by atoms with E-state index in [1.54, 1.807) is 0 Å². The molecule has 0 aliphatic carbocycles. The van der Waals surface area contributed by atoms with Gasteiger partial charge in [-0.15, -0.1) is 0 Å². The van der Waals surface area contributed by atoms with E-state index in [9.17, 15) is 8.42 Å². The van der Waals surface area contributed by atoms with Gasteiger partial charge in [0.05, 0.1) is 11.5 Å². The molecule has 4 nitrogen and oxygen atoms in total. The first-order valence-corrected chi connectivity index (χ1v) is 9.47. The lowest BCUT2D eigenvalue weighted by atomic mass is 10.0. The number of nitrogens with zero attached hydrogens (tertiary/aromatic N) is 1. The van der Waals surface area contributed by atoms with Gasteiger partial charge in [0.15, 0.2) is 9.84 Å². The van der Waals surface area contributed by atoms with Crippen LogP contribution in [0.15, 0.2) is 0 Å². The Morgan fingerprint density at radius 2 is 2.11 bits per heavy atom. The molecule has 5 heteroatoms. The second-order valence-corrected chi connectivity index (χ2v) is 8.66. The van der Waals surface area contributed by atoms with Gasteiger partial charge in [0.1, 0.15) is 0 Å². The normalized spacial score (nSPS) is 36.8. The molecule has 0 amide bonds. The lowest BCUT2D eigenvalue weighted by molar-refractivity contribution is 0.177. The summed E-state index contributed by atoms with van der Waals surface area (Å²) < 4.78 is 23.1. The van der Waals surface area contributed by atoms with Gasteiger partial charge in [-0.25, -0.2) is 8.42 Å². The van der Waals surface area contributed by atoms with Crippen LogP contribution in [-0.2, 0) is 9.84 Å². The molecule has 0 spiro atoms. The molecule has 0 aromatic carbocycles. The maximum absolute atomic E-state index is 11.5. The van der Waals surface area contributed by atoms with Crippen molar-refractivity contribution in [2.24, 2.45) is 11.8 Å². The molecule has 19 heavy (non-hydrogen) atoms. The highest BCUT2D eigenvalue weighted by Crippen LogP contribution is 2.21. The van der Waals surface area contributed by atoms with E-state index >= 15 is 0 Å². The van der Waals surface area contributed by atoms with Gasteiger partial charge in [0, 0.05) is 19.1 Å². The van der Waals surface area contributed by atoms with E-state index in [2.05, 4.69) is 24.1 Å². The fourth-order valence-electron chi connectivity index (χ4n) is 3.30. The van der Waals surface area contributed by atoms with Gasteiger partial charge >= 0.3 is 0 Å². The van der Waals surface area contributed by atoms with E-state index in [-0.39, 0.29) is 0 Å². The minimum absolute atomic E-state index is 0.365. The van der Waals surface area contributed by atoms with E-state index < -0.39 is 9.84 Å². The number of hydrogen-bond acceptors (Lipinski definition) is 4. The molecule has 3 atom stereocenters. The average molecular weight is 288 g/mol. The summed E-state index contributed by atoms with van der Waals surface area (Å²) in [5.74, 6) is 1.82. The molecule has 0 aromatic rings. The molecule has 0 bridgehead atoms. The van der Waals surface area contributed by atoms with E-state index in [4.69, 9.17) is 0 Å². The maximum Gasteiger partial charge on any atom is 0.150 e. The predicted octanol–water partition coefficient (Wildman–Crippen LogP) is 1.13. The quantitative estimate of drug-likeness (QED) is 0.846. The molecule has 112 valence electrons. The van der Waals surface area contributed by atoms with Crippen molar-refractivity contribution in [2.45, 2.75) is 39.2 Å². The van der Waals surface area contributed by atoms with Crippen LogP contribution in [0.3, 0.4) is 0 Å². The lowest BCUT2D eigenvalue weighted by Crippen LogP contribution is -2.44. The van der Waals surface area contributed by atoms with Crippen molar-refractivity contribution in [3.63, 3.8) is 0 Å². The van der Waals surface area contributed by atoms with Crippen molar-refractivity contribution in [2.75, 3.05) is 37.7 Å². The molecule has 2 fully saturated rings. The van der Waals surface area contributed by atoms with Crippen molar-refractivity contribution in [1.29, 1.82) is 0 Å². The summed E-state index contributed by atoms with van der Waals surface area (Å²) >= 11 is 0. The van der Waals surface area contributed by atoms with Crippen molar-refractivity contribution in [1.82, 2.24) is 10.2 Å². The van der Waals surface area contributed by atoms with Crippen LogP contribution in [0.1, 0.15) is 33.1 Å². The highest BCUT2D eigenvalue weighted by molar-refractivity contribution is 7.91. The molecule has 0 radical (unpaired) electrons. The van der Waals surface area contributed by atoms with Gasteiger partial charge in [0.2, 0.25) is 0 Å². The topological polar surface area (TPSA) is 49.4 Å². The first-order valence-electron chi connectivity index (χ1n) is 7.64. The molecule has 2 heterocycles. The third kappa shape index (κ3) is 4.72. The Labute approximate surface area is 117 Å². The second-order valence-electron chi connectivity index (χ2n) is 6.44. The summed E-state index contributed by atoms with van der Waals surface area (Å²) in [6.45, 7) is 8.77. The number of sulfone groups is 1. The molecule has 2 rings (SSSR count). The standard InChI is InChI=1S/C14H28N2O2S/c1-3-14-4-6-16(9-12(2)8-15-14)10-13-5-7-19(17,18)11-13/h12-15H,3-11H2,1-2H3. The summed E-state index contributed by atoms with van der Waals surface area (Å²) in [6, 6.07) is 0.623. The monoisotopic (exact) mass is 288 g/mol. The zero-order valence-electron chi connectivity index (χ0n) is 12.3. The molecule has 3 unspecified atom stereocenters. The van der Waals surface area contributed by atoms with E-state index in [0.29, 0.717) is 29.4 Å². The Balaban J connectivity index is 1.87. The molecule has 0 saturated carbocycles. The van der Waals surface area contributed by atoms with E-state index in [1.165, 1.54) is 12.8 Å². The number of hydrogen-bond donors (Lipinski definition) is 1. The first kappa shape index (κ1) is 15.3. The van der Waals surface area contributed by atoms with Crippen LogP contribution in [0.25, 0.3) is 0 Å². The fourth-order valence-corrected chi connectivity index (χ4v) is 5.15. The minimum Gasteiger partial charge on any atom is -0.314 e. The van der Waals surface area contributed by atoms with Gasteiger partial charge in [-0.2, -0.15) is 0 Å². The Bertz CT molecular complexity index is 383. The predicted molar refractivity (Wildman–Crippen MR) is 79.1 cm³/mol. The smallest absolute Gasteiger partial charge is 0.150 e. The molecule has 0 aromatic heterocycles. The van der Waals surface area contributed by atoms with Crippen LogP contribution < -0.4 is 5.32 Å². The Kier molecular flexibility index (Phi) is 5.26. The van der Waals surface area contributed by atoms with Gasteiger partial charge in [0.25, 0.3) is 0 Å². The second kappa shape index (κ2) is 6.55. The average Bonchev–Trinajstić information content (AvgIpc) is 2.66. The lowest BCUT2D eigenvalue weighted by Gasteiger charge is -2.33. The van der Waals surface area contributed by atoms with Gasteiger partial charge in [-0.1, -0.05) is 13.8 Å². The highest BCUT2D eigenvalue weighted by Gasteiger charge is 2.30. The summed E-state index contributed by atoms with van der Waals surface area (Å²) in [4.78, 5) is 2.50. The Hall–Kier alpha value is -0.130. The van der Waals surface area contributed by atoms with Gasteiger partial charge in [-0.3, -0.25) is 0 Å². The van der Waals surface area contributed by atoms with Crippen molar-refractivity contribution < 1.29 is 8.42 Å². The van der Waals surface area contributed by atoms with Gasteiger partial charge < -0.3 is 10.2 Å². The van der Waals surface area contributed by atoms with Crippen molar-refractivity contribution >= 4 is 9.84 Å². The first-order chi connectivity index (χ1) is 8.98. The summed E-state index contributed by atoms with van der Waals surface area (Å²) in [5.41, 5.74) is 0.